The maximum Gasteiger partial charge on any atom is 0.200 e. The Morgan fingerprint density at radius 2 is 1.18 bits per heavy atom. The average Bonchev–Trinajstić information content (AvgIpc) is 3.70. The summed E-state index contributed by atoms with van der Waals surface area (Å²) in [4.78, 5) is 15.8. The van der Waals surface area contributed by atoms with Gasteiger partial charge in [0.15, 0.2) is 0 Å². The van der Waals surface area contributed by atoms with Gasteiger partial charge < -0.3 is 18.2 Å². The van der Waals surface area contributed by atoms with E-state index in [1.165, 1.54) is 0 Å². The van der Waals surface area contributed by atoms with Crippen molar-refractivity contribution >= 4 is 71.9 Å². The van der Waals surface area contributed by atoms with Gasteiger partial charge in [0, 0.05) is 33.6 Å². The molecule has 9 rings (SSSR count). The molecule has 0 atom stereocenters. The van der Waals surface area contributed by atoms with Crippen LogP contribution in [-0.4, -0.2) is 0 Å². The highest BCUT2D eigenvalue weighted by Crippen LogP contribution is 2.44. The second-order valence-corrected chi connectivity index (χ2v) is 10.9. The van der Waals surface area contributed by atoms with Crippen LogP contribution in [0.1, 0.15) is 0 Å². The smallest absolute Gasteiger partial charge is 0.200 e. The number of furan rings is 2. The Balaban J connectivity index is 1.33. The summed E-state index contributed by atoms with van der Waals surface area (Å²) < 4.78 is 18.2. The first-order valence-corrected chi connectivity index (χ1v) is 14.4. The van der Waals surface area contributed by atoms with E-state index in [0.29, 0.717) is 21.9 Å². The van der Waals surface area contributed by atoms with E-state index < -0.39 is 0 Å². The van der Waals surface area contributed by atoms with E-state index in [0.717, 1.165) is 61.1 Å². The van der Waals surface area contributed by atoms with Crippen molar-refractivity contribution in [3.05, 3.63) is 150 Å². The van der Waals surface area contributed by atoms with Crippen LogP contribution in [-0.2, 0) is 0 Å². The van der Waals surface area contributed by atoms with Crippen LogP contribution in [0.3, 0.4) is 0 Å². The third-order valence-electron chi connectivity index (χ3n) is 8.32. The van der Waals surface area contributed by atoms with Crippen molar-refractivity contribution in [1.29, 1.82) is 0 Å². The lowest BCUT2D eigenvalue weighted by Crippen LogP contribution is -2.11. The molecule has 0 radical (unpaired) electrons. The van der Waals surface area contributed by atoms with Gasteiger partial charge in [-0.2, -0.15) is 0 Å². The van der Waals surface area contributed by atoms with Crippen molar-refractivity contribution in [3.8, 4) is 11.1 Å². The predicted octanol–water partition coefficient (Wildman–Crippen LogP) is 10.7. The summed E-state index contributed by atoms with van der Waals surface area (Å²) in [5.74, 6) is 0. The zero-order valence-corrected chi connectivity index (χ0v) is 23.4. The van der Waals surface area contributed by atoms with Crippen LogP contribution in [0.25, 0.3) is 66.0 Å². The molecule has 0 aliphatic heterocycles. The second kappa shape index (κ2) is 9.48. The van der Waals surface area contributed by atoms with Crippen molar-refractivity contribution in [2.75, 3.05) is 4.90 Å². The molecule has 6 aromatic carbocycles. The third-order valence-corrected chi connectivity index (χ3v) is 8.32. The summed E-state index contributed by atoms with van der Waals surface area (Å²) in [6, 6.07) is 43.9. The topological polar surface area (TPSA) is 59.7 Å². The fourth-order valence-electron chi connectivity index (χ4n) is 6.29. The molecule has 0 saturated carbocycles. The van der Waals surface area contributed by atoms with Gasteiger partial charge in [-0.15, -0.1) is 0 Å². The maximum absolute atomic E-state index is 13.6. The normalized spacial score (nSPS) is 11.7. The first kappa shape index (κ1) is 24.5. The highest BCUT2D eigenvalue weighted by Gasteiger charge is 2.21. The number of rotatable bonds is 4. The lowest BCUT2D eigenvalue weighted by molar-refractivity contribution is 0.616. The van der Waals surface area contributed by atoms with Crippen molar-refractivity contribution in [2.24, 2.45) is 0 Å². The van der Waals surface area contributed by atoms with Gasteiger partial charge in [-0.1, -0.05) is 54.6 Å². The molecule has 0 N–H and O–H groups in total. The van der Waals surface area contributed by atoms with Crippen LogP contribution in [0.15, 0.2) is 158 Å². The Morgan fingerprint density at radius 3 is 2.05 bits per heavy atom. The fraction of sp³-hybridized carbons (Fsp3) is 0. The molecular formula is C39H23NO4. The molecule has 0 aliphatic rings. The standard InChI is InChI=1S/C39H23NO4/c41-39-30-11-5-7-13-35(30)43-36-17-15-27(21-32(36)39)40(26-8-2-1-3-9-26)28-22-31(24-14-16-33-25(20-24)18-19-42-33)38-29-10-4-6-12-34(29)44-37(38)23-28/h1-23H. The number of benzene rings is 6. The monoisotopic (exact) mass is 569 g/mol. The lowest BCUT2D eigenvalue weighted by atomic mass is 9.97. The third kappa shape index (κ3) is 3.76. The van der Waals surface area contributed by atoms with E-state index in [2.05, 4.69) is 47.4 Å². The highest BCUT2D eigenvalue weighted by atomic mass is 16.3. The Labute approximate surface area is 250 Å². The molecule has 0 saturated heterocycles. The Kier molecular flexibility index (Phi) is 5.28. The highest BCUT2D eigenvalue weighted by molar-refractivity contribution is 6.14. The number of hydrogen-bond acceptors (Lipinski definition) is 5. The van der Waals surface area contributed by atoms with Crippen LogP contribution in [0, 0.1) is 0 Å². The van der Waals surface area contributed by atoms with Crippen LogP contribution in [0.5, 0.6) is 0 Å². The molecule has 3 heterocycles. The molecule has 0 amide bonds. The second-order valence-electron chi connectivity index (χ2n) is 10.9. The van der Waals surface area contributed by atoms with Gasteiger partial charge in [0.05, 0.1) is 22.7 Å². The predicted molar refractivity (Wildman–Crippen MR) is 177 cm³/mol. The summed E-state index contributed by atoms with van der Waals surface area (Å²) in [5.41, 5.74) is 8.28. The van der Waals surface area contributed by atoms with Crippen molar-refractivity contribution < 1.29 is 13.3 Å². The van der Waals surface area contributed by atoms with Crippen molar-refractivity contribution in [1.82, 2.24) is 0 Å². The minimum atomic E-state index is -0.0569. The summed E-state index contributed by atoms with van der Waals surface area (Å²) in [5, 5.41) is 4.22. The molecule has 0 unspecified atom stereocenters. The van der Waals surface area contributed by atoms with Gasteiger partial charge in [-0.05, 0) is 83.9 Å². The van der Waals surface area contributed by atoms with Gasteiger partial charge in [0.2, 0.25) is 5.43 Å². The molecule has 44 heavy (non-hydrogen) atoms. The molecule has 208 valence electrons. The molecule has 0 fully saturated rings. The van der Waals surface area contributed by atoms with Gasteiger partial charge in [-0.3, -0.25) is 4.79 Å². The van der Waals surface area contributed by atoms with Crippen LogP contribution >= 0.6 is 0 Å². The molecular weight excluding hydrogens is 546 g/mol. The van der Waals surface area contributed by atoms with Crippen LogP contribution in [0.2, 0.25) is 0 Å². The van der Waals surface area contributed by atoms with Crippen LogP contribution < -0.4 is 10.3 Å². The Bertz CT molecular complexity index is 2590. The number of anilines is 3. The van der Waals surface area contributed by atoms with Gasteiger partial charge >= 0.3 is 0 Å². The molecule has 5 nitrogen and oxygen atoms in total. The first-order valence-electron chi connectivity index (χ1n) is 14.4. The van der Waals surface area contributed by atoms with Crippen LogP contribution in [0.4, 0.5) is 17.1 Å². The summed E-state index contributed by atoms with van der Waals surface area (Å²) in [6.45, 7) is 0. The Morgan fingerprint density at radius 1 is 0.477 bits per heavy atom. The fourth-order valence-corrected chi connectivity index (χ4v) is 6.29. The number of para-hydroxylation sites is 3. The average molecular weight is 570 g/mol. The minimum absolute atomic E-state index is 0.0569. The molecule has 0 bridgehead atoms. The first-order chi connectivity index (χ1) is 21.7. The van der Waals surface area contributed by atoms with E-state index in [9.17, 15) is 4.79 Å². The zero-order chi connectivity index (χ0) is 29.2. The van der Waals surface area contributed by atoms with E-state index in [-0.39, 0.29) is 5.43 Å². The maximum atomic E-state index is 13.6. The minimum Gasteiger partial charge on any atom is -0.464 e. The van der Waals surface area contributed by atoms with Gasteiger partial charge in [0.25, 0.3) is 0 Å². The summed E-state index contributed by atoms with van der Waals surface area (Å²) >= 11 is 0. The van der Waals surface area contributed by atoms with Gasteiger partial charge in [-0.25, -0.2) is 0 Å². The molecule has 5 heteroatoms. The number of hydrogen-bond donors (Lipinski definition) is 0. The van der Waals surface area contributed by atoms with Gasteiger partial charge in [0.1, 0.15) is 27.9 Å². The van der Waals surface area contributed by atoms with Crippen molar-refractivity contribution in [3.63, 3.8) is 0 Å². The molecule has 3 aromatic heterocycles. The number of fused-ring (bicyclic) bond motifs is 6. The SMILES string of the molecule is O=c1c2ccccc2oc2ccc(N(c3ccccc3)c3cc(-c4ccc5occc5c4)c4c(c3)oc3ccccc34)cc12. The quantitative estimate of drug-likeness (QED) is 0.197. The van der Waals surface area contributed by atoms with E-state index in [4.69, 9.17) is 13.3 Å². The molecule has 9 aromatic rings. The van der Waals surface area contributed by atoms with E-state index >= 15 is 0 Å². The summed E-state index contributed by atoms with van der Waals surface area (Å²) in [6.07, 6.45) is 1.71. The molecule has 0 aliphatic carbocycles. The zero-order valence-electron chi connectivity index (χ0n) is 23.4. The van der Waals surface area contributed by atoms with E-state index in [1.807, 2.05) is 84.9 Å². The summed E-state index contributed by atoms with van der Waals surface area (Å²) in [7, 11) is 0. The Hall–Kier alpha value is -6.07. The number of nitrogens with zero attached hydrogens (tertiary/aromatic N) is 1. The largest absolute Gasteiger partial charge is 0.464 e. The van der Waals surface area contributed by atoms with E-state index in [1.54, 1.807) is 12.3 Å². The lowest BCUT2D eigenvalue weighted by Gasteiger charge is -2.26. The molecule has 0 spiro atoms. The van der Waals surface area contributed by atoms with Crippen molar-refractivity contribution in [2.45, 2.75) is 0 Å².